The summed E-state index contributed by atoms with van der Waals surface area (Å²) in [7, 11) is -3.59. The summed E-state index contributed by atoms with van der Waals surface area (Å²) < 4.78 is 23.8. The van der Waals surface area contributed by atoms with Gasteiger partial charge in [-0.1, -0.05) is 0 Å². The number of carbonyl (C=O) groups excluding carboxylic acids is 1. The smallest absolute Gasteiger partial charge is 0.280 e. The van der Waals surface area contributed by atoms with Gasteiger partial charge in [-0.2, -0.15) is 0 Å². The van der Waals surface area contributed by atoms with Gasteiger partial charge in [0, 0.05) is 6.07 Å². The predicted octanol–water partition coefficient (Wildman–Crippen LogP) is -0.670. The molecule has 1 aromatic carbocycles. The number of nitrogens with one attached hydrogen (secondary N) is 1. The van der Waals surface area contributed by atoms with E-state index in [1.54, 1.807) is 0 Å². The number of rotatable bonds is 4. The standard InChI is InChI=1S/C8H8N2O6S/c1-17(15,16)9-5-2-3-6(8(11)12)7(4-5)10(13)14/h2-4,9H,1H3,(H,11,12)/p-1. The number of nitrogens with zero attached hydrogens (tertiary/aromatic N) is 1. The summed E-state index contributed by atoms with van der Waals surface area (Å²) in [5, 5.41) is 21.1. The number of nitro benzene ring substituents is 1. The van der Waals surface area contributed by atoms with E-state index in [2.05, 4.69) is 0 Å². The van der Waals surface area contributed by atoms with E-state index in [9.17, 15) is 28.4 Å². The van der Waals surface area contributed by atoms with Gasteiger partial charge in [-0.05, 0) is 12.1 Å². The minimum atomic E-state index is -3.59. The number of hydrogen-bond acceptors (Lipinski definition) is 6. The molecular weight excluding hydrogens is 252 g/mol. The molecule has 17 heavy (non-hydrogen) atoms. The Labute approximate surface area is 96.1 Å². The normalized spacial score (nSPS) is 10.9. The topological polar surface area (TPSA) is 129 Å². The van der Waals surface area contributed by atoms with Crippen LogP contribution in [0, 0.1) is 10.1 Å². The zero-order chi connectivity index (χ0) is 13.2. The Morgan fingerprint density at radius 3 is 2.41 bits per heavy atom. The number of aromatic carboxylic acids is 1. The highest BCUT2D eigenvalue weighted by Gasteiger charge is 2.16. The predicted molar refractivity (Wildman–Crippen MR) is 55.9 cm³/mol. The van der Waals surface area contributed by atoms with Crippen LogP contribution in [0.25, 0.3) is 0 Å². The monoisotopic (exact) mass is 259 g/mol. The van der Waals surface area contributed by atoms with Crippen molar-refractivity contribution in [3.05, 3.63) is 33.9 Å². The van der Waals surface area contributed by atoms with Crippen LogP contribution in [0.3, 0.4) is 0 Å². The SMILES string of the molecule is CS(=O)(=O)Nc1ccc(C(=O)[O-])c([N+](=O)[O-])c1. The van der Waals surface area contributed by atoms with E-state index in [0.29, 0.717) is 0 Å². The Bertz CT molecular complexity index is 580. The molecule has 0 radical (unpaired) electrons. The van der Waals surface area contributed by atoms with E-state index < -0.39 is 32.2 Å². The molecule has 0 aliphatic carbocycles. The van der Waals surface area contributed by atoms with E-state index in [0.717, 1.165) is 24.5 Å². The summed E-state index contributed by atoms with van der Waals surface area (Å²) in [6.07, 6.45) is 0.867. The van der Waals surface area contributed by atoms with Gasteiger partial charge in [0.15, 0.2) is 0 Å². The van der Waals surface area contributed by atoms with Crippen molar-refractivity contribution in [3.63, 3.8) is 0 Å². The molecular formula is C8H7N2O6S-. The van der Waals surface area contributed by atoms with Gasteiger partial charge in [-0.3, -0.25) is 14.8 Å². The van der Waals surface area contributed by atoms with Crippen molar-refractivity contribution in [3.8, 4) is 0 Å². The number of anilines is 1. The third kappa shape index (κ3) is 3.41. The molecule has 0 amide bonds. The van der Waals surface area contributed by atoms with Gasteiger partial charge < -0.3 is 9.90 Å². The Kier molecular flexibility index (Phi) is 3.32. The molecule has 0 aromatic heterocycles. The molecule has 0 atom stereocenters. The Morgan fingerprint density at radius 1 is 1.41 bits per heavy atom. The lowest BCUT2D eigenvalue weighted by Crippen LogP contribution is -2.23. The maximum Gasteiger partial charge on any atom is 0.280 e. The summed E-state index contributed by atoms with van der Waals surface area (Å²) in [5.74, 6) is -1.71. The Balaban J connectivity index is 3.28. The molecule has 0 aliphatic rings. The third-order valence-corrected chi connectivity index (χ3v) is 2.32. The second-order valence-corrected chi connectivity index (χ2v) is 4.90. The molecule has 1 N–H and O–H groups in total. The summed E-state index contributed by atoms with van der Waals surface area (Å²) in [5.41, 5.74) is -1.45. The first-order valence-electron chi connectivity index (χ1n) is 4.18. The van der Waals surface area contributed by atoms with E-state index in [-0.39, 0.29) is 5.69 Å². The number of carbonyl (C=O) groups is 1. The largest absolute Gasteiger partial charge is 0.545 e. The highest BCUT2D eigenvalue weighted by molar-refractivity contribution is 7.92. The molecule has 1 aromatic rings. The van der Waals surface area contributed by atoms with Crippen LogP contribution in [0.15, 0.2) is 18.2 Å². The first-order valence-corrected chi connectivity index (χ1v) is 6.07. The molecule has 0 heterocycles. The van der Waals surface area contributed by atoms with Gasteiger partial charge in [0.1, 0.15) is 0 Å². The van der Waals surface area contributed by atoms with Gasteiger partial charge in [0.25, 0.3) is 5.69 Å². The molecule has 8 nitrogen and oxygen atoms in total. The fraction of sp³-hybridized carbons (Fsp3) is 0.125. The molecule has 9 heteroatoms. The van der Waals surface area contributed by atoms with Gasteiger partial charge in [-0.15, -0.1) is 0 Å². The zero-order valence-electron chi connectivity index (χ0n) is 8.54. The molecule has 0 unspecified atom stereocenters. The number of carboxylic acids is 1. The highest BCUT2D eigenvalue weighted by atomic mass is 32.2. The molecule has 1 rings (SSSR count). The van der Waals surface area contributed by atoms with Crippen LogP contribution < -0.4 is 9.83 Å². The van der Waals surface area contributed by atoms with Crippen LogP contribution >= 0.6 is 0 Å². The van der Waals surface area contributed by atoms with Crippen molar-refractivity contribution in [2.75, 3.05) is 11.0 Å². The van der Waals surface area contributed by atoms with Crippen molar-refractivity contribution < 1.29 is 23.2 Å². The quantitative estimate of drug-likeness (QED) is 0.563. The van der Waals surface area contributed by atoms with Crippen molar-refractivity contribution in [2.45, 2.75) is 0 Å². The minimum absolute atomic E-state index is 0.0933. The fourth-order valence-electron chi connectivity index (χ4n) is 1.13. The highest BCUT2D eigenvalue weighted by Crippen LogP contribution is 2.23. The lowest BCUT2D eigenvalue weighted by Gasteiger charge is -2.07. The second-order valence-electron chi connectivity index (χ2n) is 3.15. The molecule has 0 saturated heterocycles. The van der Waals surface area contributed by atoms with Crippen molar-refractivity contribution in [2.24, 2.45) is 0 Å². The second kappa shape index (κ2) is 4.37. The van der Waals surface area contributed by atoms with Gasteiger partial charge >= 0.3 is 0 Å². The number of carboxylic acid groups (broad SMARTS) is 1. The van der Waals surface area contributed by atoms with Crippen LogP contribution in [0.4, 0.5) is 11.4 Å². The van der Waals surface area contributed by atoms with Gasteiger partial charge in [0.2, 0.25) is 10.0 Å². The van der Waals surface area contributed by atoms with E-state index >= 15 is 0 Å². The van der Waals surface area contributed by atoms with Crippen LogP contribution in [-0.4, -0.2) is 25.6 Å². The summed E-state index contributed by atoms with van der Waals surface area (Å²) in [6, 6.07) is 2.81. The number of benzene rings is 1. The Hall–Kier alpha value is -2.16. The minimum Gasteiger partial charge on any atom is -0.545 e. The van der Waals surface area contributed by atoms with Crippen molar-refractivity contribution in [1.29, 1.82) is 0 Å². The zero-order valence-corrected chi connectivity index (χ0v) is 9.35. The third-order valence-electron chi connectivity index (χ3n) is 1.72. The first kappa shape index (κ1) is 12.9. The van der Waals surface area contributed by atoms with Crippen LogP contribution in [-0.2, 0) is 10.0 Å². The summed E-state index contributed by atoms with van der Waals surface area (Å²) in [4.78, 5) is 20.2. The average Bonchev–Trinajstić information content (AvgIpc) is 2.14. The molecule has 0 saturated carbocycles. The number of nitro groups is 1. The lowest BCUT2D eigenvalue weighted by molar-refractivity contribution is -0.385. The summed E-state index contributed by atoms with van der Waals surface area (Å²) in [6.45, 7) is 0. The number of sulfonamides is 1. The molecule has 92 valence electrons. The Morgan fingerprint density at radius 2 is 2.00 bits per heavy atom. The van der Waals surface area contributed by atoms with Crippen LogP contribution in [0.2, 0.25) is 0 Å². The maximum absolute atomic E-state index is 10.9. The van der Waals surface area contributed by atoms with E-state index in [1.165, 1.54) is 0 Å². The van der Waals surface area contributed by atoms with Gasteiger partial charge in [0.05, 0.1) is 28.4 Å². The first-order chi connectivity index (χ1) is 7.70. The fourth-order valence-corrected chi connectivity index (χ4v) is 1.69. The van der Waals surface area contributed by atoms with Gasteiger partial charge in [-0.25, -0.2) is 8.42 Å². The van der Waals surface area contributed by atoms with Crippen LogP contribution in [0.1, 0.15) is 10.4 Å². The maximum atomic E-state index is 10.9. The summed E-state index contributed by atoms with van der Waals surface area (Å²) >= 11 is 0. The van der Waals surface area contributed by atoms with Crippen molar-refractivity contribution in [1.82, 2.24) is 0 Å². The molecule has 0 aliphatic heterocycles. The van der Waals surface area contributed by atoms with Crippen LogP contribution in [0.5, 0.6) is 0 Å². The van der Waals surface area contributed by atoms with E-state index in [1.807, 2.05) is 4.72 Å². The number of hydrogen-bond donors (Lipinski definition) is 1. The molecule has 0 bridgehead atoms. The van der Waals surface area contributed by atoms with E-state index in [4.69, 9.17) is 0 Å². The van der Waals surface area contributed by atoms with Crippen molar-refractivity contribution >= 4 is 27.4 Å². The molecule has 0 spiro atoms. The average molecular weight is 259 g/mol. The lowest BCUT2D eigenvalue weighted by atomic mass is 10.1. The molecule has 0 fully saturated rings.